The van der Waals surface area contributed by atoms with Gasteiger partial charge in [0.25, 0.3) is 0 Å². The molecule has 3 atom stereocenters. The molecule has 2 aromatic rings. The van der Waals surface area contributed by atoms with Gasteiger partial charge in [0.05, 0.1) is 6.04 Å². The predicted molar refractivity (Wildman–Crippen MR) is 131 cm³/mol. The van der Waals surface area contributed by atoms with E-state index >= 15 is 0 Å². The molecule has 0 aliphatic carbocycles. The van der Waals surface area contributed by atoms with Gasteiger partial charge in [-0.15, -0.1) is 0 Å². The highest BCUT2D eigenvalue weighted by atomic mass is 32.1. The molecule has 0 saturated carbocycles. The van der Waals surface area contributed by atoms with Crippen molar-refractivity contribution in [2.24, 2.45) is 5.92 Å². The molecule has 2 rings (SSSR count). The molecule has 0 fully saturated rings. The van der Waals surface area contributed by atoms with Crippen molar-refractivity contribution in [3.8, 4) is 0 Å². The van der Waals surface area contributed by atoms with Crippen LogP contribution in [0.25, 0.3) is 0 Å². The van der Waals surface area contributed by atoms with Crippen LogP contribution in [0, 0.1) is 5.92 Å². The second-order valence-electron chi connectivity index (χ2n) is 8.91. The Morgan fingerprint density at radius 1 is 0.969 bits per heavy atom. The number of alkyl carbamates (subject to hydrolysis) is 1. The first kappa shape index (κ1) is 25.5. The first-order valence-corrected chi connectivity index (χ1v) is 11.3. The molecule has 1 N–H and O–H groups in total. The Hall–Kier alpha value is -2.73. The molecular weight excluding hydrogens is 422 g/mol. The van der Waals surface area contributed by atoms with Gasteiger partial charge >= 0.3 is 12.1 Å². The third kappa shape index (κ3) is 9.60. The summed E-state index contributed by atoms with van der Waals surface area (Å²) in [6, 6.07) is 19.4. The van der Waals surface area contributed by atoms with Crippen LogP contribution in [-0.4, -0.2) is 35.2 Å². The summed E-state index contributed by atoms with van der Waals surface area (Å²) in [4.78, 5) is 24.5. The van der Waals surface area contributed by atoms with Crippen molar-refractivity contribution in [3.05, 3.63) is 71.8 Å². The predicted octanol–water partition coefficient (Wildman–Crippen LogP) is 5.30. The van der Waals surface area contributed by atoms with Crippen LogP contribution >= 0.6 is 12.2 Å². The third-order valence-electron chi connectivity index (χ3n) is 4.83. The van der Waals surface area contributed by atoms with Gasteiger partial charge in [-0.1, -0.05) is 72.9 Å². The molecule has 0 radical (unpaired) electrons. The fourth-order valence-electron chi connectivity index (χ4n) is 3.51. The molecule has 6 heteroatoms. The average Bonchev–Trinajstić information content (AvgIpc) is 2.72. The summed E-state index contributed by atoms with van der Waals surface area (Å²) >= 11 is 5.30. The molecule has 0 heterocycles. The van der Waals surface area contributed by atoms with Crippen molar-refractivity contribution in [1.29, 1.82) is 0 Å². The summed E-state index contributed by atoms with van der Waals surface area (Å²) in [5.74, 6) is -0.405. The van der Waals surface area contributed by atoms with Crippen LogP contribution in [0.5, 0.6) is 0 Å². The van der Waals surface area contributed by atoms with Gasteiger partial charge in [-0.25, -0.2) is 4.79 Å². The smallest absolute Gasteiger partial charge is 0.408 e. The number of ether oxygens (including phenoxy) is 2. The monoisotopic (exact) mass is 455 g/mol. The Morgan fingerprint density at radius 2 is 1.50 bits per heavy atom. The number of esters is 1. The van der Waals surface area contributed by atoms with E-state index < -0.39 is 29.8 Å². The average molecular weight is 456 g/mol. The highest BCUT2D eigenvalue weighted by Crippen LogP contribution is 2.20. The quantitative estimate of drug-likeness (QED) is 0.389. The minimum absolute atomic E-state index is 0.00420. The zero-order chi connectivity index (χ0) is 23.6. The van der Waals surface area contributed by atoms with Crippen LogP contribution < -0.4 is 5.32 Å². The maximum atomic E-state index is 12.6. The number of amides is 1. The topological polar surface area (TPSA) is 64.6 Å². The summed E-state index contributed by atoms with van der Waals surface area (Å²) in [5.41, 5.74) is 1.54. The second kappa shape index (κ2) is 12.3. The number of carbonyl (C=O) groups excluding carboxylic acids is 2. The molecule has 0 bridgehead atoms. The summed E-state index contributed by atoms with van der Waals surface area (Å²) < 4.78 is 11.2. The molecule has 1 amide bonds. The van der Waals surface area contributed by atoms with E-state index in [2.05, 4.69) is 5.32 Å². The molecular formula is C26H33NO4S. The molecule has 0 aliphatic rings. The van der Waals surface area contributed by atoms with E-state index in [9.17, 15) is 9.59 Å². The Bertz CT molecular complexity index is 864. The lowest BCUT2D eigenvalue weighted by Crippen LogP contribution is -2.49. The van der Waals surface area contributed by atoms with Gasteiger partial charge < -0.3 is 14.8 Å². The number of hydrogen-bond donors (Lipinski definition) is 1. The fraction of sp³-hybridized carbons (Fsp3) is 0.423. The highest BCUT2D eigenvalue weighted by molar-refractivity contribution is 7.79. The van der Waals surface area contributed by atoms with E-state index in [0.717, 1.165) is 17.5 Å². The molecule has 0 aliphatic heterocycles. The Balaban J connectivity index is 2.25. The van der Waals surface area contributed by atoms with Gasteiger partial charge in [-0.2, -0.15) is 0 Å². The van der Waals surface area contributed by atoms with E-state index in [1.165, 1.54) is 6.92 Å². The SMILES string of the molecule is CC(=O)O[C@@H](C[C@H](C=S)Cc1ccccc1)[C@H](Cc1ccccc1)NC(=O)OC(C)(C)C. The lowest BCUT2D eigenvalue weighted by atomic mass is 9.90. The van der Waals surface area contributed by atoms with E-state index in [-0.39, 0.29) is 5.92 Å². The maximum Gasteiger partial charge on any atom is 0.408 e. The minimum Gasteiger partial charge on any atom is -0.460 e. The Labute approximate surface area is 196 Å². The van der Waals surface area contributed by atoms with Crippen LogP contribution in [0.1, 0.15) is 45.2 Å². The molecule has 172 valence electrons. The van der Waals surface area contributed by atoms with E-state index in [1.807, 2.05) is 81.4 Å². The minimum atomic E-state index is -0.636. The number of hydrogen-bond acceptors (Lipinski definition) is 5. The molecule has 2 aromatic carbocycles. The van der Waals surface area contributed by atoms with Crippen molar-refractivity contribution in [3.63, 3.8) is 0 Å². The van der Waals surface area contributed by atoms with Crippen molar-refractivity contribution in [2.45, 2.75) is 64.7 Å². The summed E-state index contributed by atoms with van der Waals surface area (Å²) in [6.07, 6.45) is 0.608. The molecule has 0 spiro atoms. The normalized spacial score (nSPS) is 14.0. The first-order valence-electron chi connectivity index (χ1n) is 10.9. The van der Waals surface area contributed by atoms with Gasteiger partial charge in [-0.05, 0) is 62.4 Å². The van der Waals surface area contributed by atoms with Gasteiger partial charge in [-0.3, -0.25) is 4.79 Å². The van der Waals surface area contributed by atoms with Crippen molar-refractivity contribution in [1.82, 2.24) is 5.32 Å². The van der Waals surface area contributed by atoms with Crippen LogP contribution in [0.3, 0.4) is 0 Å². The second-order valence-corrected chi connectivity index (χ2v) is 9.18. The zero-order valence-electron chi connectivity index (χ0n) is 19.2. The van der Waals surface area contributed by atoms with Crippen LogP contribution in [0.4, 0.5) is 4.79 Å². The van der Waals surface area contributed by atoms with Crippen LogP contribution in [0.2, 0.25) is 0 Å². The molecule has 5 nitrogen and oxygen atoms in total. The van der Waals surface area contributed by atoms with Gasteiger partial charge in [0.1, 0.15) is 11.7 Å². The van der Waals surface area contributed by atoms with Crippen molar-refractivity contribution in [2.75, 3.05) is 0 Å². The van der Waals surface area contributed by atoms with Crippen LogP contribution in [-0.2, 0) is 27.1 Å². The Kier molecular flexibility index (Phi) is 9.85. The lowest BCUT2D eigenvalue weighted by molar-refractivity contribution is -0.148. The molecule has 0 aromatic heterocycles. The summed E-state index contributed by atoms with van der Waals surface area (Å²) in [5, 5.41) is 4.65. The summed E-state index contributed by atoms with van der Waals surface area (Å²) in [6.45, 7) is 6.81. The molecule has 0 saturated heterocycles. The number of rotatable bonds is 10. The zero-order valence-corrected chi connectivity index (χ0v) is 20.1. The van der Waals surface area contributed by atoms with Gasteiger partial charge in [0.15, 0.2) is 0 Å². The van der Waals surface area contributed by atoms with Crippen LogP contribution in [0.15, 0.2) is 60.7 Å². The first-order chi connectivity index (χ1) is 15.2. The van der Waals surface area contributed by atoms with E-state index in [0.29, 0.717) is 12.8 Å². The standard InChI is InChI=1S/C26H33NO4S/c1-19(28)30-24(17-22(18-32)15-20-11-7-5-8-12-20)23(16-21-13-9-6-10-14-21)27-25(29)31-26(2,3)4/h5-14,18,22-24H,15-17H2,1-4H3,(H,27,29)/t22-,23+,24+/m1/s1. The molecule has 32 heavy (non-hydrogen) atoms. The lowest BCUT2D eigenvalue weighted by Gasteiger charge is -2.31. The van der Waals surface area contributed by atoms with Crippen molar-refractivity contribution >= 4 is 29.6 Å². The fourth-order valence-corrected chi connectivity index (χ4v) is 3.72. The highest BCUT2D eigenvalue weighted by Gasteiger charge is 2.30. The van der Waals surface area contributed by atoms with E-state index in [4.69, 9.17) is 21.7 Å². The Morgan fingerprint density at radius 3 is 1.97 bits per heavy atom. The third-order valence-corrected chi connectivity index (χ3v) is 5.22. The molecule has 0 unspecified atom stereocenters. The van der Waals surface area contributed by atoms with Crippen molar-refractivity contribution < 1.29 is 19.1 Å². The van der Waals surface area contributed by atoms with Gasteiger partial charge in [0, 0.05) is 6.92 Å². The number of thiocarbonyl (C=S) groups is 1. The maximum absolute atomic E-state index is 12.6. The number of nitrogens with one attached hydrogen (secondary N) is 1. The number of carbonyl (C=O) groups is 2. The van der Waals surface area contributed by atoms with E-state index in [1.54, 1.807) is 5.37 Å². The van der Waals surface area contributed by atoms with Gasteiger partial charge in [0.2, 0.25) is 0 Å². The summed E-state index contributed by atoms with van der Waals surface area (Å²) in [7, 11) is 0. The number of benzene rings is 2. The largest absolute Gasteiger partial charge is 0.460 e.